The molecule has 244 valence electrons. The average molecular weight is 672 g/mol. The van der Waals surface area contributed by atoms with E-state index >= 15 is 0 Å². The fraction of sp³-hybridized carbons (Fsp3) is 0.0833. The van der Waals surface area contributed by atoms with Crippen LogP contribution in [0.4, 0.5) is 11.4 Å². The smallest absolute Gasteiger partial charge is 0.143 e. The summed E-state index contributed by atoms with van der Waals surface area (Å²) in [6.45, 7) is 4.98. The first-order chi connectivity index (χ1) is 25.1. The quantitative estimate of drug-likeness (QED) is 0.169. The highest BCUT2D eigenvalue weighted by atomic mass is 28.3. The summed E-state index contributed by atoms with van der Waals surface area (Å²) in [6.07, 6.45) is 8.14. The van der Waals surface area contributed by atoms with Crippen LogP contribution in [-0.4, -0.2) is 8.07 Å². The second-order valence-electron chi connectivity index (χ2n) is 14.4. The van der Waals surface area contributed by atoms with Crippen LogP contribution in [0.25, 0.3) is 55.0 Å². The Balaban J connectivity index is 1.18. The van der Waals surface area contributed by atoms with Crippen LogP contribution in [0.3, 0.4) is 0 Å². The molecule has 1 aromatic heterocycles. The van der Waals surface area contributed by atoms with Gasteiger partial charge in [-0.05, 0) is 74.6 Å². The molecule has 1 aliphatic carbocycles. The van der Waals surface area contributed by atoms with Crippen molar-refractivity contribution in [1.29, 1.82) is 0 Å². The maximum atomic E-state index is 6.78. The SMILES string of the molecule is C[Si]1(C)c2cccc(N(C3=CCC(c4cccc5ccccc45)C=C3)c3cccc(-c4ccccc4)c3)c2-c2c1ccc1c2oc2ccccc21. The Hall–Kier alpha value is -5.90. The fourth-order valence-corrected chi connectivity index (χ4v) is 11.7. The molecule has 51 heavy (non-hydrogen) atoms. The molecule has 0 bridgehead atoms. The van der Waals surface area contributed by atoms with E-state index in [0.717, 1.165) is 23.3 Å². The summed E-state index contributed by atoms with van der Waals surface area (Å²) < 4.78 is 6.78. The first-order valence-electron chi connectivity index (χ1n) is 18.0. The molecule has 1 atom stereocenters. The zero-order valence-corrected chi connectivity index (χ0v) is 29.8. The van der Waals surface area contributed by atoms with Gasteiger partial charge in [-0.15, -0.1) is 0 Å². The van der Waals surface area contributed by atoms with E-state index in [1.165, 1.54) is 71.1 Å². The number of hydrogen-bond acceptors (Lipinski definition) is 2. The molecule has 1 aliphatic heterocycles. The molecule has 2 heterocycles. The Morgan fingerprint density at radius 3 is 2.20 bits per heavy atom. The zero-order valence-electron chi connectivity index (χ0n) is 28.8. The molecule has 2 nitrogen and oxygen atoms in total. The van der Waals surface area contributed by atoms with E-state index in [9.17, 15) is 0 Å². The molecule has 8 aromatic rings. The topological polar surface area (TPSA) is 16.4 Å². The van der Waals surface area contributed by atoms with Crippen molar-refractivity contribution in [3.05, 3.63) is 181 Å². The van der Waals surface area contributed by atoms with Gasteiger partial charge in [0, 0.05) is 39.2 Å². The van der Waals surface area contributed by atoms with Gasteiger partial charge in [-0.1, -0.05) is 153 Å². The molecule has 0 fully saturated rings. The summed E-state index contributed by atoms with van der Waals surface area (Å²) in [5.74, 6) is 0.307. The average Bonchev–Trinajstić information content (AvgIpc) is 3.68. The van der Waals surface area contributed by atoms with Gasteiger partial charge in [0.2, 0.25) is 0 Å². The van der Waals surface area contributed by atoms with Gasteiger partial charge in [0.1, 0.15) is 19.2 Å². The molecule has 3 heteroatoms. The predicted molar refractivity (Wildman–Crippen MR) is 218 cm³/mol. The first-order valence-corrected chi connectivity index (χ1v) is 21.0. The minimum atomic E-state index is -2.04. The van der Waals surface area contributed by atoms with E-state index in [-0.39, 0.29) is 0 Å². The van der Waals surface area contributed by atoms with Crippen molar-refractivity contribution in [1.82, 2.24) is 0 Å². The van der Waals surface area contributed by atoms with E-state index < -0.39 is 8.07 Å². The van der Waals surface area contributed by atoms with E-state index in [2.05, 4.69) is 188 Å². The van der Waals surface area contributed by atoms with Crippen molar-refractivity contribution >= 4 is 62.5 Å². The molecule has 0 amide bonds. The number of fused-ring (bicyclic) bond motifs is 8. The molecular formula is C48H37NOSi. The van der Waals surface area contributed by atoms with E-state index in [1.807, 2.05) is 0 Å². The highest BCUT2D eigenvalue weighted by Crippen LogP contribution is 2.46. The number of anilines is 2. The first kappa shape index (κ1) is 30.0. The van der Waals surface area contributed by atoms with Crippen molar-refractivity contribution in [2.75, 3.05) is 4.90 Å². The lowest BCUT2D eigenvalue weighted by atomic mass is 9.88. The van der Waals surface area contributed by atoms with E-state index in [4.69, 9.17) is 4.42 Å². The summed E-state index contributed by atoms with van der Waals surface area (Å²) in [4.78, 5) is 2.50. The van der Waals surface area contributed by atoms with Crippen molar-refractivity contribution in [2.24, 2.45) is 0 Å². The maximum Gasteiger partial charge on any atom is 0.143 e. The molecule has 0 spiro atoms. The van der Waals surface area contributed by atoms with Crippen LogP contribution in [0.2, 0.25) is 13.1 Å². The third kappa shape index (κ3) is 4.69. The van der Waals surface area contributed by atoms with Crippen molar-refractivity contribution in [3.8, 4) is 22.3 Å². The van der Waals surface area contributed by atoms with Crippen LogP contribution in [0, 0.1) is 0 Å². The summed E-state index contributed by atoms with van der Waals surface area (Å²) >= 11 is 0. The lowest BCUT2D eigenvalue weighted by Gasteiger charge is -2.31. The molecule has 0 radical (unpaired) electrons. The van der Waals surface area contributed by atoms with Crippen LogP contribution in [-0.2, 0) is 0 Å². The van der Waals surface area contributed by atoms with Crippen LogP contribution >= 0.6 is 0 Å². The van der Waals surface area contributed by atoms with Gasteiger partial charge in [-0.2, -0.15) is 0 Å². The van der Waals surface area contributed by atoms with Crippen LogP contribution in [0.15, 0.2) is 180 Å². The molecule has 7 aromatic carbocycles. The lowest BCUT2D eigenvalue weighted by Crippen LogP contribution is -2.49. The van der Waals surface area contributed by atoms with Crippen molar-refractivity contribution < 1.29 is 4.42 Å². The van der Waals surface area contributed by atoms with E-state index in [1.54, 1.807) is 0 Å². The van der Waals surface area contributed by atoms with Gasteiger partial charge in [-0.25, -0.2) is 0 Å². The van der Waals surface area contributed by atoms with E-state index in [0.29, 0.717) is 5.92 Å². The number of furan rings is 1. The monoisotopic (exact) mass is 671 g/mol. The number of allylic oxidation sites excluding steroid dienone is 3. The standard InChI is InChI=1S/C48H37NOSi/c1-51(2)44-24-12-22-42(46(44)47-45(51)30-29-41-40-20-8-9-23-43(40)50-48(41)47)49(37-18-10-17-35(31-37)32-13-4-3-5-14-32)36-27-25-34(26-28-36)39-21-11-16-33-15-6-7-19-38(33)39/h3-25,27-31,34H,26H2,1-2H3. The minimum Gasteiger partial charge on any atom is -0.455 e. The molecule has 2 aliphatic rings. The Labute approximate surface area is 299 Å². The highest BCUT2D eigenvalue weighted by Gasteiger charge is 2.42. The molecule has 1 unspecified atom stereocenters. The van der Waals surface area contributed by atoms with Gasteiger partial charge in [0.25, 0.3) is 0 Å². The Bertz CT molecular complexity index is 2710. The van der Waals surface area contributed by atoms with Gasteiger partial charge < -0.3 is 9.32 Å². The predicted octanol–water partition coefficient (Wildman–Crippen LogP) is 12.0. The third-order valence-electron chi connectivity index (χ3n) is 11.2. The molecule has 0 N–H and O–H groups in total. The third-order valence-corrected chi connectivity index (χ3v) is 14.7. The van der Waals surface area contributed by atoms with Crippen LogP contribution < -0.4 is 15.3 Å². The van der Waals surface area contributed by atoms with Gasteiger partial charge in [0.15, 0.2) is 0 Å². The summed E-state index contributed by atoms with van der Waals surface area (Å²) in [6, 6.07) is 55.3. The molecular weight excluding hydrogens is 635 g/mol. The fourth-order valence-electron chi connectivity index (χ4n) is 8.67. The van der Waals surface area contributed by atoms with Crippen LogP contribution in [0.5, 0.6) is 0 Å². The number of nitrogens with zero attached hydrogens (tertiary/aromatic N) is 1. The van der Waals surface area contributed by atoms with Gasteiger partial charge in [0.05, 0.1) is 5.69 Å². The Morgan fingerprint density at radius 2 is 1.33 bits per heavy atom. The summed E-state index contributed by atoms with van der Waals surface area (Å²) in [7, 11) is -2.04. The second kappa shape index (κ2) is 11.6. The molecule has 0 saturated carbocycles. The number of rotatable bonds is 5. The number of benzene rings is 7. The summed E-state index contributed by atoms with van der Waals surface area (Å²) in [5.41, 5.74) is 11.9. The second-order valence-corrected chi connectivity index (χ2v) is 18.8. The van der Waals surface area contributed by atoms with Gasteiger partial charge in [-0.3, -0.25) is 0 Å². The maximum absolute atomic E-state index is 6.78. The van der Waals surface area contributed by atoms with Gasteiger partial charge >= 0.3 is 0 Å². The Kier molecular flexibility index (Phi) is 6.80. The Morgan fingerprint density at radius 1 is 0.608 bits per heavy atom. The highest BCUT2D eigenvalue weighted by molar-refractivity contribution is 7.04. The minimum absolute atomic E-state index is 0.307. The van der Waals surface area contributed by atoms with Crippen molar-refractivity contribution in [3.63, 3.8) is 0 Å². The number of para-hydroxylation sites is 1. The number of hydrogen-bond donors (Lipinski definition) is 0. The molecule has 10 rings (SSSR count). The molecule has 0 saturated heterocycles. The van der Waals surface area contributed by atoms with Crippen LogP contribution in [0.1, 0.15) is 17.9 Å². The van der Waals surface area contributed by atoms with Crippen molar-refractivity contribution in [2.45, 2.75) is 25.4 Å². The normalized spacial score (nSPS) is 16.0. The lowest BCUT2D eigenvalue weighted by molar-refractivity contribution is 0.670. The summed E-state index contributed by atoms with van der Waals surface area (Å²) in [5, 5.41) is 7.88. The zero-order chi connectivity index (χ0) is 34.1. The largest absolute Gasteiger partial charge is 0.455 e.